The number of fused-ring (bicyclic) bond motifs is 1. The number of anilines is 1. The zero-order valence-electron chi connectivity index (χ0n) is 16.8. The van der Waals surface area contributed by atoms with Crippen LogP contribution < -0.4 is 15.0 Å². The van der Waals surface area contributed by atoms with Crippen molar-refractivity contribution in [3.63, 3.8) is 0 Å². The lowest BCUT2D eigenvalue weighted by Crippen LogP contribution is -2.54. The third-order valence-electron chi connectivity index (χ3n) is 6.54. The molecule has 7 heteroatoms. The van der Waals surface area contributed by atoms with E-state index in [1.54, 1.807) is 6.33 Å². The number of nitrogens with one attached hydrogen (secondary N) is 1. The molecule has 3 fully saturated rings. The minimum Gasteiger partial charge on any atom is -0.474 e. The van der Waals surface area contributed by atoms with Crippen molar-refractivity contribution >= 4 is 22.5 Å². The lowest BCUT2D eigenvalue weighted by Gasteiger charge is -2.39. The Kier molecular flexibility index (Phi) is 5.23. The number of aromatic nitrogens is 2. The Bertz CT molecular complexity index is 877. The quantitative estimate of drug-likeness (QED) is 0.857. The normalized spacial score (nSPS) is 24.1. The van der Waals surface area contributed by atoms with Gasteiger partial charge in [0.05, 0.1) is 16.9 Å². The molecule has 29 heavy (non-hydrogen) atoms. The molecule has 3 heterocycles. The zero-order chi connectivity index (χ0) is 19.6. The Morgan fingerprint density at radius 3 is 2.66 bits per heavy atom. The summed E-state index contributed by atoms with van der Waals surface area (Å²) in [5, 5.41) is 4.05. The van der Waals surface area contributed by atoms with Gasteiger partial charge in [-0.3, -0.25) is 9.69 Å². The highest BCUT2D eigenvalue weighted by Crippen LogP contribution is 2.31. The van der Waals surface area contributed by atoms with E-state index in [0.717, 1.165) is 75.7 Å². The first-order valence-electron chi connectivity index (χ1n) is 11.0. The number of carbonyl (C=O) groups is 1. The second kappa shape index (κ2) is 8.14. The summed E-state index contributed by atoms with van der Waals surface area (Å²) in [7, 11) is 0. The largest absolute Gasteiger partial charge is 0.474 e. The number of amides is 1. The van der Waals surface area contributed by atoms with Gasteiger partial charge in [0, 0.05) is 38.4 Å². The molecule has 2 aliphatic heterocycles. The van der Waals surface area contributed by atoms with Crippen molar-refractivity contribution < 1.29 is 9.53 Å². The van der Waals surface area contributed by atoms with E-state index in [1.165, 1.54) is 12.1 Å². The van der Waals surface area contributed by atoms with Crippen LogP contribution in [0.15, 0.2) is 24.5 Å². The van der Waals surface area contributed by atoms with Gasteiger partial charge in [0.15, 0.2) is 0 Å². The van der Waals surface area contributed by atoms with Crippen LogP contribution in [0.3, 0.4) is 0 Å². The average Bonchev–Trinajstić information content (AvgIpc) is 2.95. The van der Waals surface area contributed by atoms with Gasteiger partial charge in [0.2, 0.25) is 11.8 Å². The highest BCUT2D eigenvalue weighted by Gasteiger charge is 2.30. The smallest absolute Gasteiger partial charge is 0.237 e. The molecule has 3 aliphatic rings. The molecule has 154 valence electrons. The Morgan fingerprint density at radius 1 is 1.00 bits per heavy atom. The maximum atomic E-state index is 12.4. The minimum absolute atomic E-state index is 0.0344. The van der Waals surface area contributed by atoms with Gasteiger partial charge in [-0.25, -0.2) is 9.97 Å². The first-order valence-corrected chi connectivity index (χ1v) is 11.0. The lowest BCUT2D eigenvalue weighted by atomic mass is 9.96. The fourth-order valence-electron chi connectivity index (χ4n) is 4.52. The number of nitrogens with zero attached hydrogens (tertiary/aromatic N) is 4. The van der Waals surface area contributed by atoms with Crippen LogP contribution in [0.4, 0.5) is 5.69 Å². The van der Waals surface area contributed by atoms with Crippen molar-refractivity contribution in [3.8, 4) is 5.88 Å². The summed E-state index contributed by atoms with van der Waals surface area (Å²) >= 11 is 0. The van der Waals surface area contributed by atoms with Gasteiger partial charge in [-0.2, -0.15) is 0 Å². The van der Waals surface area contributed by atoms with Gasteiger partial charge < -0.3 is 15.0 Å². The predicted molar refractivity (Wildman–Crippen MR) is 112 cm³/mol. The molecular weight excluding hydrogens is 366 g/mol. The molecule has 0 bridgehead atoms. The molecule has 1 saturated carbocycles. The maximum Gasteiger partial charge on any atom is 0.237 e. The fraction of sp³-hybridized carbons (Fsp3) is 0.591. The van der Waals surface area contributed by atoms with E-state index >= 15 is 0 Å². The van der Waals surface area contributed by atoms with Crippen molar-refractivity contribution in [2.24, 2.45) is 0 Å². The highest BCUT2D eigenvalue weighted by atomic mass is 16.5. The molecule has 1 aliphatic carbocycles. The van der Waals surface area contributed by atoms with Crippen LogP contribution in [0.25, 0.3) is 10.9 Å². The minimum atomic E-state index is 0.0344. The van der Waals surface area contributed by atoms with Crippen molar-refractivity contribution in [1.82, 2.24) is 20.2 Å². The summed E-state index contributed by atoms with van der Waals surface area (Å²) in [5.74, 6) is 0.909. The van der Waals surface area contributed by atoms with Crippen molar-refractivity contribution in [1.29, 1.82) is 0 Å². The second-order valence-electron chi connectivity index (χ2n) is 8.38. The third kappa shape index (κ3) is 3.88. The topological polar surface area (TPSA) is 70.6 Å². The summed E-state index contributed by atoms with van der Waals surface area (Å²) in [4.78, 5) is 25.9. The summed E-state index contributed by atoms with van der Waals surface area (Å²) in [6, 6.07) is 6.39. The summed E-state index contributed by atoms with van der Waals surface area (Å²) < 4.78 is 6.10. The van der Waals surface area contributed by atoms with Crippen LogP contribution in [-0.2, 0) is 4.79 Å². The number of hydrogen-bond donors (Lipinski definition) is 1. The third-order valence-corrected chi connectivity index (χ3v) is 6.54. The van der Waals surface area contributed by atoms with E-state index in [9.17, 15) is 4.79 Å². The van der Waals surface area contributed by atoms with Crippen LogP contribution in [0.5, 0.6) is 5.88 Å². The van der Waals surface area contributed by atoms with E-state index < -0.39 is 0 Å². The monoisotopic (exact) mass is 395 g/mol. The molecule has 1 atom stereocenters. The SMILES string of the molecule is O=C1NCCCCC1N1CCN(c2ccc3ncnc(OC4CCC4)c3c2)CC1. The summed E-state index contributed by atoms with van der Waals surface area (Å²) in [6.07, 6.45) is 8.54. The first kappa shape index (κ1) is 18.6. The van der Waals surface area contributed by atoms with Crippen LogP contribution in [-0.4, -0.2) is 65.6 Å². The van der Waals surface area contributed by atoms with E-state index in [2.05, 4.69) is 43.3 Å². The first-order chi connectivity index (χ1) is 14.3. The molecule has 7 nitrogen and oxygen atoms in total. The van der Waals surface area contributed by atoms with Crippen molar-refractivity contribution in [2.45, 2.75) is 50.7 Å². The number of ether oxygens (including phenoxy) is 1. The van der Waals surface area contributed by atoms with E-state index in [1.807, 2.05) is 0 Å². The van der Waals surface area contributed by atoms with Crippen LogP contribution >= 0.6 is 0 Å². The molecule has 0 spiro atoms. The van der Waals surface area contributed by atoms with Crippen molar-refractivity contribution in [2.75, 3.05) is 37.6 Å². The molecule has 2 aromatic rings. The lowest BCUT2D eigenvalue weighted by molar-refractivity contribution is -0.126. The van der Waals surface area contributed by atoms with Gasteiger partial charge in [-0.15, -0.1) is 0 Å². The number of piperazine rings is 1. The maximum absolute atomic E-state index is 12.4. The predicted octanol–water partition coefficient (Wildman–Crippen LogP) is 2.35. The Hall–Kier alpha value is -2.41. The van der Waals surface area contributed by atoms with E-state index in [-0.39, 0.29) is 11.9 Å². The Morgan fingerprint density at radius 2 is 1.86 bits per heavy atom. The second-order valence-corrected chi connectivity index (χ2v) is 8.38. The number of carbonyl (C=O) groups excluding carboxylic acids is 1. The molecular formula is C22H29N5O2. The van der Waals surface area contributed by atoms with Crippen LogP contribution in [0.2, 0.25) is 0 Å². The van der Waals surface area contributed by atoms with Gasteiger partial charge in [0.25, 0.3) is 0 Å². The van der Waals surface area contributed by atoms with Gasteiger partial charge >= 0.3 is 0 Å². The van der Waals surface area contributed by atoms with E-state index in [4.69, 9.17) is 4.74 Å². The van der Waals surface area contributed by atoms with Crippen LogP contribution in [0, 0.1) is 0 Å². The molecule has 1 aromatic heterocycles. The zero-order valence-corrected chi connectivity index (χ0v) is 16.8. The highest BCUT2D eigenvalue weighted by molar-refractivity contribution is 5.86. The summed E-state index contributed by atoms with van der Waals surface area (Å²) in [6.45, 7) is 4.48. The number of rotatable bonds is 4. The number of benzene rings is 1. The molecule has 1 aromatic carbocycles. The Balaban J connectivity index is 1.30. The fourth-order valence-corrected chi connectivity index (χ4v) is 4.52. The molecule has 1 N–H and O–H groups in total. The van der Waals surface area contributed by atoms with Crippen molar-refractivity contribution in [3.05, 3.63) is 24.5 Å². The average molecular weight is 396 g/mol. The molecule has 0 radical (unpaired) electrons. The van der Waals surface area contributed by atoms with Crippen LogP contribution in [0.1, 0.15) is 38.5 Å². The molecule has 1 amide bonds. The molecule has 5 rings (SSSR count). The number of hydrogen-bond acceptors (Lipinski definition) is 6. The van der Waals surface area contributed by atoms with Gasteiger partial charge in [-0.1, -0.05) is 0 Å². The van der Waals surface area contributed by atoms with E-state index in [0.29, 0.717) is 12.0 Å². The Labute approximate surface area is 171 Å². The standard InChI is InChI=1S/C22H29N5O2/c28-21-20(6-1-2-9-23-21)27-12-10-26(11-13-27)16-7-8-19-18(14-16)22(25-15-24-19)29-17-4-3-5-17/h7-8,14-15,17,20H,1-6,9-13H2,(H,23,28). The molecule has 2 saturated heterocycles. The molecule has 1 unspecified atom stereocenters. The van der Waals surface area contributed by atoms with Gasteiger partial charge in [0.1, 0.15) is 12.4 Å². The summed E-state index contributed by atoms with van der Waals surface area (Å²) in [5.41, 5.74) is 2.10. The van der Waals surface area contributed by atoms with Gasteiger partial charge in [-0.05, 0) is 56.7 Å².